The van der Waals surface area contributed by atoms with Crippen LogP contribution in [0.5, 0.6) is 0 Å². The minimum absolute atomic E-state index is 0.480. The van der Waals surface area contributed by atoms with E-state index in [-0.39, 0.29) is 0 Å². The van der Waals surface area contributed by atoms with E-state index in [1.165, 1.54) is 12.1 Å². The molecule has 4 aromatic rings. The smallest absolute Gasteiger partial charge is 0.213 e. The Labute approximate surface area is 153 Å². The lowest BCUT2D eigenvalue weighted by atomic mass is 10.1. The van der Waals surface area contributed by atoms with Gasteiger partial charge in [0.2, 0.25) is 0 Å². The molecule has 3 nitrogen and oxygen atoms in total. The van der Waals surface area contributed by atoms with Gasteiger partial charge in [-0.1, -0.05) is 60.7 Å². The van der Waals surface area contributed by atoms with E-state index in [9.17, 15) is 13.2 Å². The molecule has 134 valence electrons. The highest BCUT2D eigenvalue weighted by Gasteiger charge is 2.30. The second-order valence-corrected chi connectivity index (χ2v) is 5.95. The summed E-state index contributed by atoms with van der Waals surface area (Å²) in [5.74, 6) is 0.989. The van der Waals surface area contributed by atoms with Crippen LogP contribution in [0.4, 0.5) is 13.2 Å². The van der Waals surface area contributed by atoms with Crippen LogP contribution >= 0.6 is 0 Å². The largest absolute Gasteiger partial charge is 0.416 e. The van der Waals surface area contributed by atoms with Crippen LogP contribution in [0.15, 0.2) is 84.9 Å². The molecule has 0 fully saturated rings. The maximum absolute atomic E-state index is 12.9. The van der Waals surface area contributed by atoms with Crippen LogP contribution in [0.1, 0.15) is 5.56 Å². The van der Waals surface area contributed by atoms with Crippen LogP contribution in [-0.4, -0.2) is 14.8 Å². The molecule has 4 rings (SSSR count). The van der Waals surface area contributed by atoms with Gasteiger partial charge in [0.1, 0.15) is 0 Å². The van der Waals surface area contributed by atoms with Crippen molar-refractivity contribution in [2.24, 2.45) is 0 Å². The molecule has 0 aliphatic heterocycles. The lowest BCUT2D eigenvalue weighted by Crippen LogP contribution is -2.04. The third-order valence-electron chi connectivity index (χ3n) is 4.11. The zero-order valence-corrected chi connectivity index (χ0v) is 14.1. The van der Waals surface area contributed by atoms with Crippen molar-refractivity contribution < 1.29 is 13.2 Å². The average molecular weight is 365 g/mol. The van der Waals surface area contributed by atoms with Gasteiger partial charge in [0, 0.05) is 11.1 Å². The monoisotopic (exact) mass is 365 g/mol. The van der Waals surface area contributed by atoms with E-state index in [0.29, 0.717) is 17.2 Å². The van der Waals surface area contributed by atoms with Crippen molar-refractivity contribution in [3.63, 3.8) is 0 Å². The predicted molar refractivity (Wildman–Crippen MR) is 97.2 cm³/mol. The molecular formula is C21H14F3N3. The highest BCUT2D eigenvalue weighted by molar-refractivity contribution is 5.64. The van der Waals surface area contributed by atoms with Crippen LogP contribution in [0.25, 0.3) is 28.5 Å². The van der Waals surface area contributed by atoms with Gasteiger partial charge in [-0.05, 0) is 24.3 Å². The average Bonchev–Trinajstić information content (AvgIpc) is 3.14. The molecule has 0 saturated carbocycles. The topological polar surface area (TPSA) is 30.7 Å². The Morgan fingerprint density at radius 1 is 0.667 bits per heavy atom. The van der Waals surface area contributed by atoms with Crippen molar-refractivity contribution in [3.05, 3.63) is 90.5 Å². The summed E-state index contributed by atoms with van der Waals surface area (Å²) in [5, 5.41) is 4.58. The van der Waals surface area contributed by atoms with Gasteiger partial charge in [0.15, 0.2) is 11.6 Å². The Hall–Kier alpha value is -3.41. The van der Waals surface area contributed by atoms with Gasteiger partial charge >= 0.3 is 6.18 Å². The van der Waals surface area contributed by atoms with Crippen molar-refractivity contribution in [1.82, 2.24) is 14.8 Å². The first-order chi connectivity index (χ1) is 13.0. The van der Waals surface area contributed by atoms with E-state index < -0.39 is 11.7 Å². The highest BCUT2D eigenvalue weighted by Crippen LogP contribution is 2.31. The molecule has 0 aliphatic carbocycles. The normalized spacial score (nSPS) is 11.5. The van der Waals surface area contributed by atoms with Gasteiger partial charge in [0.05, 0.1) is 11.3 Å². The molecule has 0 radical (unpaired) electrons. The molecule has 1 heterocycles. The number of benzene rings is 3. The van der Waals surface area contributed by atoms with Crippen LogP contribution < -0.4 is 0 Å². The molecular weight excluding hydrogens is 351 g/mol. The predicted octanol–water partition coefficient (Wildman–Crippen LogP) is 5.62. The highest BCUT2D eigenvalue weighted by atomic mass is 19.4. The Morgan fingerprint density at radius 3 is 1.85 bits per heavy atom. The number of rotatable bonds is 3. The van der Waals surface area contributed by atoms with Crippen molar-refractivity contribution in [2.45, 2.75) is 6.18 Å². The fourth-order valence-corrected chi connectivity index (χ4v) is 2.77. The standard InChI is InChI=1S/C21H14F3N3/c22-21(23,24)17-13-11-16(12-14-17)20-25-19(15-7-3-1-4-8-15)26-27(20)18-9-5-2-6-10-18/h1-14H. The summed E-state index contributed by atoms with van der Waals surface area (Å²) in [6.45, 7) is 0. The molecule has 0 atom stereocenters. The molecule has 27 heavy (non-hydrogen) atoms. The van der Waals surface area contributed by atoms with Gasteiger partial charge in [-0.25, -0.2) is 9.67 Å². The minimum Gasteiger partial charge on any atom is -0.213 e. The number of para-hydroxylation sites is 1. The SMILES string of the molecule is FC(F)(F)c1ccc(-c2nc(-c3ccccc3)nn2-c2ccccc2)cc1. The third-order valence-corrected chi connectivity index (χ3v) is 4.11. The van der Waals surface area contributed by atoms with Crippen molar-refractivity contribution in [2.75, 3.05) is 0 Å². The van der Waals surface area contributed by atoms with E-state index in [1.54, 1.807) is 4.68 Å². The van der Waals surface area contributed by atoms with E-state index in [0.717, 1.165) is 23.4 Å². The zero-order valence-electron chi connectivity index (χ0n) is 14.1. The molecule has 0 amide bonds. The Morgan fingerprint density at radius 2 is 1.26 bits per heavy atom. The summed E-state index contributed by atoms with van der Waals surface area (Å²) in [7, 11) is 0. The summed E-state index contributed by atoms with van der Waals surface area (Å²) in [4.78, 5) is 4.59. The van der Waals surface area contributed by atoms with Gasteiger partial charge in [0.25, 0.3) is 0 Å². The van der Waals surface area contributed by atoms with E-state index in [4.69, 9.17) is 0 Å². The summed E-state index contributed by atoms with van der Waals surface area (Å²) < 4.78 is 40.2. The number of nitrogens with zero attached hydrogens (tertiary/aromatic N) is 3. The first-order valence-electron chi connectivity index (χ1n) is 8.28. The molecule has 0 unspecified atom stereocenters. The second-order valence-electron chi connectivity index (χ2n) is 5.95. The van der Waals surface area contributed by atoms with Gasteiger partial charge < -0.3 is 0 Å². The molecule has 1 aromatic heterocycles. The Bertz CT molecular complexity index is 1040. The molecule has 0 bridgehead atoms. The number of halogens is 3. The quantitative estimate of drug-likeness (QED) is 0.472. The van der Waals surface area contributed by atoms with Crippen molar-refractivity contribution in [1.29, 1.82) is 0 Å². The number of hydrogen-bond donors (Lipinski definition) is 0. The number of alkyl halides is 3. The minimum atomic E-state index is -4.37. The summed E-state index contributed by atoms with van der Waals surface area (Å²) >= 11 is 0. The summed E-state index contributed by atoms with van der Waals surface area (Å²) in [6.07, 6.45) is -4.37. The maximum Gasteiger partial charge on any atom is 0.416 e. The van der Waals surface area contributed by atoms with Gasteiger partial charge in [-0.15, -0.1) is 5.10 Å². The fraction of sp³-hybridized carbons (Fsp3) is 0.0476. The van der Waals surface area contributed by atoms with E-state index in [1.807, 2.05) is 60.7 Å². The van der Waals surface area contributed by atoms with Crippen molar-refractivity contribution in [3.8, 4) is 28.5 Å². The first-order valence-corrected chi connectivity index (χ1v) is 8.28. The molecule has 6 heteroatoms. The lowest BCUT2D eigenvalue weighted by Gasteiger charge is -2.08. The molecule has 3 aromatic carbocycles. The van der Waals surface area contributed by atoms with Crippen LogP contribution in [0, 0.1) is 0 Å². The number of hydrogen-bond acceptors (Lipinski definition) is 2. The zero-order chi connectivity index (χ0) is 18.9. The second kappa shape index (κ2) is 6.72. The van der Waals surface area contributed by atoms with Crippen LogP contribution in [0.3, 0.4) is 0 Å². The molecule has 0 N–H and O–H groups in total. The summed E-state index contributed by atoms with van der Waals surface area (Å²) in [6, 6.07) is 23.8. The molecule has 0 spiro atoms. The lowest BCUT2D eigenvalue weighted by molar-refractivity contribution is -0.137. The van der Waals surface area contributed by atoms with Crippen LogP contribution in [-0.2, 0) is 6.18 Å². The molecule has 0 saturated heterocycles. The molecule has 0 aliphatic rings. The van der Waals surface area contributed by atoms with E-state index >= 15 is 0 Å². The first kappa shape index (κ1) is 17.0. The maximum atomic E-state index is 12.9. The Kier molecular flexibility index (Phi) is 4.24. The van der Waals surface area contributed by atoms with Gasteiger partial charge in [-0.2, -0.15) is 13.2 Å². The van der Waals surface area contributed by atoms with Crippen LogP contribution in [0.2, 0.25) is 0 Å². The van der Waals surface area contributed by atoms with E-state index in [2.05, 4.69) is 10.1 Å². The Balaban J connectivity index is 1.85. The van der Waals surface area contributed by atoms with Gasteiger partial charge in [-0.3, -0.25) is 0 Å². The summed E-state index contributed by atoms with van der Waals surface area (Å²) in [5.41, 5.74) is 1.48. The fourth-order valence-electron chi connectivity index (χ4n) is 2.77. The van der Waals surface area contributed by atoms with Crippen molar-refractivity contribution >= 4 is 0 Å². The number of aromatic nitrogens is 3. The third kappa shape index (κ3) is 3.46.